The van der Waals surface area contributed by atoms with Crippen molar-refractivity contribution in [2.24, 2.45) is 0 Å². The molecule has 33 heavy (non-hydrogen) atoms. The van der Waals surface area contributed by atoms with Crippen molar-refractivity contribution < 1.29 is 23.8 Å². The zero-order chi connectivity index (χ0) is 23.5. The standard InChI is InChI=1S/C23H27ClN4O5/c1-14(2)23-25-15(3)8-20(26-23)33-12-17-10-27(6-7-31-17)21(29)11-28-18-9-16(24)4-5-19(18)32-13-22(28)30/h4-5,8-9,14,17H,6-7,10-13H2,1-3H3. The molecule has 10 heteroatoms. The monoisotopic (exact) mass is 474 g/mol. The predicted molar refractivity (Wildman–Crippen MR) is 122 cm³/mol. The maximum Gasteiger partial charge on any atom is 0.265 e. The molecule has 0 bridgehead atoms. The van der Waals surface area contributed by atoms with Crippen LogP contribution in [0.15, 0.2) is 24.3 Å². The fraction of sp³-hybridized carbons (Fsp3) is 0.478. The Kier molecular flexibility index (Phi) is 6.99. The number of ether oxygens (including phenoxy) is 3. The van der Waals surface area contributed by atoms with Crippen LogP contribution in [-0.2, 0) is 14.3 Å². The highest BCUT2D eigenvalue weighted by Gasteiger charge is 2.31. The third kappa shape index (κ3) is 5.54. The van der Waals surface area contributed by atoms with E-state index in [4.69, 9.17) is 25.8 Å². The summed E-state index contributed by atoms with van der Waals surface area (Å²) in [7, 11) is 0. The number of benzene rings is 1. The lowest BCUT2D eigenvalue weighted by Crippen LogP contribution is -2.52. The third-order valence-corrected chi connectivity index (χ3v) is 5.67. The van der Waals surface area contributed by atoms with Gasteiger partial charge in [0, 0.05) is 29.2 Å². The number of halogens is 1. The molecule has 1 unspecified atom stereocenters. The van der Waals surface area contributed by atoms with Crippen LogP contribution in [0.3, 0.4) is 0 Å². The Labute approximate surface area is 197 Å². The van der Waals surface area contributed by atoms with Gasteiger partial charge in [0.15, 0.2) is 6.61 Å². The summed E-state index contributed by atoms with van der Waals surface area (Å²) in [5, 5.41) is 0.466. The van der Waals surface area contributed by atoms with E-state index in [1.165, 1.54) is 4.90 Å². The van der Waals surface area contributed by atoms with Gasteiger partial charge in [0.25, 0.3) is 5.91 Å². The molecule has 1 atom stereocenters. The van der Waals surface area contributed by atoms with Crippen molar-refractivity contribution in [1.29, 1.82) is 0 Å². The quantitative estimate of drug-likeness (QED) is 0.635. The number of amides is 2. The number of morpholine rings is 1. The molecule has 0 radical (unpaired) electrons. The molecule has 1 aromatic heterocycles. The van der Waals surface area contributed by atoms with Crippen molar-refractivity contribution in [2.75, 3.05) is 44.4 Å². The minimum atomic E-state index is -0.303. The van der Waals surface area contributed by atoms with Gasteiger partial charge in [-0.15, -0.1) is 0 Å². The Hall–Kier alpha value is -2.91. The van der Waals surface area contributed by atoms with Crippen LogP contribution in [0.25, 0.3) is 0 Å². The molecule has 0 aliphatic carbocycles. The second kappa shape index (κ2) is 9.93. The lowest BCUT2D eigenvalue weighted by molar-refractivity contribution is -0.139. The number of anilines is 1. The van der Waals surface area contributed by atoms with Crippen LogP contribution in [0.2, 0.25) is 5.02 Å². The normalized spacial score (nSPS) is 18.2. The number of carbonyl (C=O) groups is 2. The first kappa shape index (κ1) is 23.3. The summed E-state index contributed by atoms with van der Waals surface area (Å²) < 4.78 is 17.1. The Morgan fingerprint density at radius 3 is 2.91 bits per heavy atom. The maximum atomic E-state index is 13.0. The predicted octanol–water partition coefficient (Wildman–Crippen LogP) is 2.59. The van der Waals surface area contributed by atoms with Crippen LogP contribution >= 0.6 is 11.6 Å². The lowest BCUT2D eigenvalue weighted by Gasteiger charge is -2.35. The van der Waals surface area contributed by atoms with Crippen molar-refractivity contribution in [3.8, 4) is 11.6 Å². The topological polar surface area (TPSA) is 94.1 Å². The van der Waals surface area contributed by atoms with Crippen LogP contribution in [0.4, 0.5) is 5.69 Å². The average molecular weight is 475 g/mol. The molecular weight excluding hydrogens is 448 g/mol. The highest BCUT2D eigenvalue weighted by atomic mass is 35.5. The van der Waals surface area contributed by atoms with Gasteiger partial charge in [-0.3, -0.25) is 14.5 Å². The Morgan fingerprint density at radius 1 is 1.30 bits per heavy atom. The van der Waals surface area contributed by atoms with E-state index in [0.717, 1.165) is 11.5 Å². The second-order valence-corrected chi connectivity index (χ2v) is 8.82. The van der Waals surface area contributed by atoms with E-state index < -0.39 is 0 Å². The number of fused-ring (bicyclic) bond motifs is 1. The molecule has 0 N–H and O–H groups in total. The third-order valence-electron chi connectivity index (χ3n) is 5.43. The van der Waals surface area contributed by atoms with E-state index in [9.17, 15) is 9.59 Å². The molecule has 3 heterocycles. The molecule has 1 fully saturated rings. The molecular formula is C23H27ClN4O5. The molecule has 2 aromatic rings. The minimum Gasteiger partial charge on any atom is -0.482 e. The second-order valence-electron chi connectivity index (χ2n) is 8.38. The highest BCUT2D eigenvalue weighted by molar-refractivity contribution is 6.31. The number of nitrogens with zero attached hydrogens (tertiary/aromatic N) is 4. The smallest absolute Gasteiger partial charge is 0.265 e. The molecule has 0 saturated carbocycles. The summed E-state index contributed by atoms with van der Waals surface area (Å²) in [6, 6.07) is 6.80. The number of aromatic nitrogens is 2. The van der Waals surface area contributed by atoms with Gasteiger partial charge in [-0.25, -0.2) is 4.98 Å². The van der Waals surface area contributed by atoms with Gasteiger partial charge in [0.05, 0.1) is 18.8 Å². The summed E-state index contributed by atoms with van der Waals surface area (Å²) in [5.41, 5.74) is 1.33. The van der Waals surface area contributed by atoms with E-state index in [1.54, 1.807) is 29.2 Å². The lowest BCUT2D eigenvalue weighted by atomic mass is 10.2. The van der Waals surface area contributed by atoms with Crippen LogP contribution in [0.1, 0.15) is 31.3 Å². The van der Waals surface area contributed by atoms with E-state index in [2.05, 4.69) is 9.97 Å². The van der Waals surface area contributed by atoms with Crippen LogP contribution in [0.5, 0.6) is 11.6 Å². The Bertz CT molecular complexity index is 1050. The molecule has 1 saturated heterocycles. The van der Waals surface area contributed by atoms with Crippen molar-refractivity contribution in [2.45, 2.75) is 32.8 Å². The maximum absolute atomic E-state index is 13.0. The molecule has 2 amide bonds. The molecule has 1 aromatic carbocycles. The number of carbonyl (C=O) groups excluding carboxylic acids is 2. The summed E-state index contributed by atoms with van der Waals surface area (Å²) in [6.07, 6.45) is -0.303. The molecule has 4 rings (SSSR count). The van der Waals surface area contributed by atoms with Gasteiger partial charge in [-0.2, -0.15) is 4.98 Å². The number of rotatable bonds is 6. The van der Waals surface area contributed by atoms with Crippen molar-refractivity contribution >= 4 is 29.1 Å². The summed E-state index contributed by atoms with van der Waals surface area (Å²) >= 11 is 6.09. The van der Waals surface area contributed by atoms with E-state index in [1.807, 2.05) is 20.8 Å². The summed E-state index contributed by atoms with van der Waals surface area (Å²) in [6.45, 7) is 7.20. The largest absolute Gasteiger partial charge is 0.482 e. The average Bonchev–Trinajstić information content (AvgIpc) is 2.79. The Morgan fingerprint density at radius 2 is 2.12 bits per heavy atom. The van der Waals surface area contributed by atoms with Crippen molar-refractivity contribution in [3.63, 3.8) is 0 Å². The first-order chi connectivity index (χ1) is 15.8. The van der Waals surface area contributed by atoms with Crippen LogP contribution < -0.4 is 14.4 Å². The number of hydrogen-bond donors (Lipinski definition) is 0. The zero-order valence-electron chi connectivity index (χ0n) is 18.9. The van der Waals surface area contributed by atoms with E-state index in [-0.39, 0.29) is 43.6 Å². The van der Waals surface area contributed by atoms with Crippen LogP contribution in [0, 0.1) is 6.92 Å². The SMILES string of the molecule is Cc1cc(OCC2CN(C(=O)CN3C(=O)COc4ccc(Cl)cc43)CCO2)nc(C(C)C)n1. The molecule has 176 valence electrons. The number of hydrogen-bond acceptors (Lipinski definition) is 7. The number of aryl methyl sites for hydroxylation is 1. The molecule has 2 aliphatic heterocycles. The van der Waals surface area contributed by atoms with Crippen molar-refractivity contribution in [1.82, 2.24) is 14.9 Å². The van der Waals surface area contributed by atoms with Gasteiger partial charge in [0.2, 0.25) is 11.8 Å². The first-order valence-corrected chi connectivity index (χ1v) is 11.3. The van der Waals surface area contributed by atoms with Gasteiger partial charge in [-0.05, 0) is 25.1 Å². The summed E-state index contributed by atoms with van der Waals surface area (Å²) in [4.78, 5) is 37.5. The molecule has 9 nitrogen and oxygen atoms in total. The highest BCUT2D eigenvalue weighted by Crippen LogP contribution is 2.34. The van der Waals surface area contributed by atoms with Crippen molar-refractivity contribution in [3.05, 3.63) is 40.8 Å². The van der Waals surface area contributed by atoms with E-state index in [0.29, 0.717) is 42.0 Å². The van der Waals surface area contributed by atoms with E-state index >= 15 is 0 Å². The van der Waals surface area contributed by atoms with Gasteiger partial charge >= 0.3 is 0 Å². The minimum absolute atomic E-state index is 0.0913. The fourth-order valence-corrected chi connectivity index (χ4v) is 3.87. The fourth-order valence-electron chi connectivity index (χ4n) is 3.70. The molecule has 0 spiro atoms. The van der Waals surface area contributed by atoms with Gasteiger partial charge in [-0.1, -0.05) is 25.4 Å². The van der Waals surface area contributed by atoms with Crippen LogP contribution in [-0.4, -0.2) is 72.2 Å². The zero-order valence-corrected chi connectivity index (χ0v) is 19.7. The Balaban J connectivity index is 1.38. The van der Waals surface area contributed by atoms with Gasteiger partial charge in [0.1, 0.15) is 30.8 Å². The summed E-state index contributed by atoms with van der Waals surface area (Å²) in [5.74, 6) is 1.47. The van der Waals surface area contributed by atoms with Gasteiger partial charge < -0.3 is 19.1 Å². The first-order valence-electron chi connectivity index (χ1n) is 10.9. The molecule has 2 aliphatic rings.